The average molecular weight is 362 g/mol. The Morgan fingerprint density at radius 1 is 1.33 bits per heavy atom. The lowest BCUT2D eigenvalue weighted by Gasteiger charge is -2.33. The highest BCUT2D eigenvalue weighted by atomic mass is 16.1. The number of fused-ring (bicyclic) bond motifs is 3. The van der Waals surface area contributed by atoms with E-state index in [0.29, 0.717) is 16.9 Å². The normalized spacial score (nSPS) is 19.1. The SMILES string of the molecule is CC(C)Nc1nc2c(cc1C(=O)NC1CC(N)C1)[nH]c1cc(C#N)ccc12. The molecule has 0 saturated heterocycles. The Kier molecular flexibility index (Phi) is 4.21. The van der Waals surface area contributed by atoms with E-state index in [9.17, 15) is 4.79 Å². The summed E-state index contributed by atoms with van der Waals surface area (Å²) in [5, 5.41) is 16.4. The molecule has 0 spiro atoms. The second-order valence-electron chi connectivity index (χ2n) is 7.48. The topological polar surface area (TPSA) is 120 Å². The molecule has 2 heterocycles. The Morgan fingerprint density at radius 3 is 2.78 bits per heavy atom. The fourth-order valence-electron chi connectivity index (χ4n) is 3.48. The van der Waals surface area contributed by atoms with Crippen LogP contribution in [0.25, 0.3) is 21.9 Å². The number of nitrogens with two attached hydrogens (primary N) is 1. The van der Waals surface area contributed by atoms with Gasteiger partial charge in [-0.2, -0.15) is 5.26 Å². The molecule has 27 heavy (non-hydrogen) atoms. The molecule has 3 aromatic rings. The zero-order chi connectivity index (χ0) is 19.1. The van der Waals surface area contributed by atoms with Gasteiger partial charge in [0.25, 0.3) is 5.91 Å². The van der Waals surface area contributed by atoms with E-state index in [1.54, 1.807) is 12.1 Å². The first-order valence-electron chi connectivity index (χ1n) is 9.14. The van der Waals surface area contributed by atoms with Crippen molar-refractivity contribution in [2.45, 2.75) is 44.8 Å². The van der Waals surface area contributed by atoms with Crippen LogP contribution in [0.15, 0.2) is 24.3 Å². The van der Waals surface area contributed by atoms with Gasteiger partial charge in [-0.25, -0.2) is 4.98 Å². The van der Waals surface area contributed by atoms with Crippen molar-refractivity contribution in [3.05, 3.63) is 35.4 Å². The van der Waals surface area contributed by atoms with Crippen LogP contribution in [-0.2, 0) is 0 Å². The first-order chi connectivity index (χ1) is 12.9. The number of nitriles is 1. The number of amides is 1. The molecule has 7 heteroatoms. The highest BCUT2D eigenvalue weighted by molar-refractivity contribution is 6.09. The molecule has 4 rings (SSSR count). The fraction of sp³-hybridized carbons (Fsp3) is 0.350. The maximum atomic E-state index is 12.8. The zero-order valence-electron chi connectivity index (χ0n) is 15.3. The highest BCUT2D eigenvalue weighted by Gasteiger charge is 2.28. The number of nitrogens with one attached hydrogen (secondary N) is 3. The van der Waals surface area contributed by atoms with E-state index in [2.05, 4.69) is 21.7 Å². The summed E-state index contributed by atoms with van der Waals surface area (Å²) in [6.07, 6.45) is 1.61. The summed E-state index contributed by atoms with van der Waals surface area (Å²) in [6, 6.07) is 9.84. The number of aromatic amines is 1. The highest BCUT2D eigenvalue weighted by Crippen LogP contribution is 2.29. The van der Waals surface area contributed by atoms with Crippen molar-refractivity contribution in [1.82, 2.24) is 15.3 Å². The lowest BCUT2D eigenvalue weighted by molar-refractivity contribution is 0.0911. The number of hydrogen-bond acceptors (Lipinski definition) is 5. The monoisotopic (exact) mass is 362 g/mol. The van der Waals surface area contributed by atoms with Crippen LogP contribution in [0.3, 0.4) is 0 Å². The standard InChI is InChI=1S/C20H22N6O/c1-10(2)23-19-15(20(27)24-13-6-12(22)7-13)8-17-18(26-19)14-4-3-11(9-21)5-16(14)25-17/h3-5,8,10,12-13,25H,6-7,22H2,1-2H3,(H,23,26)(H,24,27). The third-order valence-corrected chi connectivity index (χ3v) is 4.88. The third kappa shape index (κ3) is 3.20. The van der Waals surface area contributed by atoms with Gasteiger partial charge in [-0.05, 0) is 51.0 Å². The molecule has 138 valence electrons. The fourth-order valence-corrected chi connectivity index (χ4v) is 3.48. The molecule has 1 aliphatic carbocycles. The number of carbonyl (C=O) groups is 1. The number of pyridine rings is 1. The Bertz CT molecular complexity index is 1070. The second kappa shape index (κ2) is 6.56. The summed E-state index contributed by atoms with van der Waals surface area (Å²) >= 11 is 0. The van der Waals surface area contributed by atoms with Crippen molar-refractivity contribution in [1.29, 1.82) is 5.26 Å². The molecule has 0 atom stereocenters. The first kappa shape index (κ1) is 17.3. The summed E-state index contributed by atoms with van der Waals surface area (Å²) < 4.78 is 0. The summed E-state index contributed by atoms with van der Waals surface area (Å²) in [5.41, 5.74) is 9.27. The van der Waals surface area contributed by atoms with Crippen molar-refractivity contribution in [3.63, 3.8) is 0 Å². The largest absolute Gasteiger partial charge is 0.367 e. The predicted octanol–water partition coefficient (Wildman–Crippen LogP) is 2.63. The van der Waals surface area contributed by atoms with Crippen molar-refractivity contribution in [2.24, 2.45) is 5.73 Å². The maximum Gasteiger partial charge on any atom is 0.255 e. The number of carbonyl (C=O) groups excluding carboxylic acids is 1. The van der Waals surface area contributed by atoms with Crippen molar-refractivity contribution >= 4 is 33.7 Å². The smallest absolute Gasteiger partial charge is 0.255 e. The van der Waals surface area contributed by atoms with Gasteiger partial charge in [0.05, 0.1) is 28.2 Å². The van der Waals surface area contributed by atoms with E-state index in [1.165, 1.54) is 0 Å². The van der Waals surface area contributed by atoms with Crippen molar-refractivity contribution < 1.29 is 4.79 Å². The van der Waals surface area contributed by atoms with Crippen molar-refractivity contribution in [2.75, 3.05) is 5.32 Å². The molecule has 5 N–H and O–H groups in total. The van der Waals surface area contributed by atoms with Crippen LogP contribution < -0.4 is 16.4 Å². The number of hydrogen-bond donors (Lipinski definition) is 4. The molecule has 1 aromatic carbocycles. The summed E-state index contributed by atoms with van der Waals surface area (Å²) in [4.78, 5) is 20.8. The van der Waals surface area contributed by atoms with Gasteiger partial charge in [0.1, 0.15) is 5.82 Å². The number of anilines is 1. The maximum absolute atomic E-state index is 12.8. The van der Waals surface area contributed by atoms with Crippen LogP contribution in [0.1, 0.15) is 42.6 Å². The molecule has 7 nitrogen and oxygen atoms in total. The first-order valence-corrected chi connectivity index (χ1v) is 9.14. The van der Waals surface area contributed by atoms with Crippen LogP contribution in [0.2, 0.25) is 0 Å². The Hall–Kier alpha value is -3.11. The molecule has 1 amide bonds. The van der Waals surface area contributed by atoms with Crippen LogP contribution in [0.4, 0.5) is 5.82 Å². The Morgan fingerprint density at radius 2 is 2.11 bits per heavy atom. The Balaban J connectivity index is 1.79. The van der Waals surface area contributed by atoms with E-state index in [0.717, 1.165) is 34.8 Å². The lowest BCUT2D eigenvalue weighted by atomic mass is 9.87. The average Bonchev–Trinajstić information content (AvgIpc) is 2.95. The molecule has 1 fully saturated rings. The number of H-pyrrole nitrogens is 1. The summed E-state index contributed by atoms with van der Waals surface area (Å²) in [6.45, 7) is 4.01. The molecule has 1 aliphatic rings. The van der Waals surface area contributed by atoms with Crippen LogP contribution in [0, 0.1) is 11.3 Å². The van der Waals surface area contributed by atoms with E-state index in [-0.39, 0.29) is 24.0 Å². The van der Waals surface area contributed by atoms with Crippen LogP contribution in [-0.4, -0.2) is 34.0 Å². The number of aromatic nitrogens is 2. The van der Waals surface area contributed by atoms with E-state index in [4.69, 9.17) is 16.0 Å². The van der Waals surface area contributed by atoms with Gasteiger partial charge in [0, 0.05) is 29.0 Å². The van der Waals surface area contributed by atoms with Gasteiger partial charge in [0.15, 0.2) is 0 Å². The van der Waals surface area contributed by atoms with Gasteiger partial charge in [0.2, 0.25) is 0 Å². The number of rotatable bonds is 4. The molecular formula is C20H22N6O. The summed E-state index contributed by atoms with van der Waals surface area (Å²) in [7, 11) is 0. The second-order valence-corrected chi connectivity index (χ2v) is 7.48. The van der Waals surface area contributed by atoms with Gasteiger partial charge in [-0.15, -0.1) is 0 Å². The third-order valence-electron chi connectivity index (χ3n) is 4.88. The van der Waals surface area contributed by atoms with Crippen molar-refractivity contribution in [3.8, 4) is 6.07 Å². The molecular weight excluding hydrogens is 340 g/mol. The minimum absolute atomic E-state index is 0.121. The number of benzene rings is 1. The quantitative estimate of drug-likeness (QED) is 0.569. The van der Waals surface area contributed by atoms with Crippen LogP contribution >= 0.6 is 0 Å². The molecule has 2 aromatic heterocycles. The lowest BCUT2D eigenvalue weighted by Crippen LogP contribution is -2.50. The molecule has 0 aliphatic heterocycles. The summed E-state index contributed by atoms with van der Waals surface area (Å²) in [5.74, 6) is 0.407. The van der Waals surface area contributed by atoms with E-state index >= 15 is 0 Å². The predicted molar refractivity (Wildman–Crippen MR) is 106 cm³/mol. The molecule has 1 saturated carbocycles. The van der Waals surface area contributed by atoms with Gasteiger partial charge < -0.3 is 21.4 Å². The molecule has 0 bridgehead atoms. The minimum Gasteiger partial charge on any atom is -0.367 e. The molecule has 0 radical (unpaired) electrons. The van der Waals surface area contributed by atoms with E-state index < -0.39 is 0 Å². The zero-order valence-corrected chi connectivity index (χ0v) is 15.3. The van der Waals surface area contributed by atoms with Gasteiger partial charge >= 0.3 is 0 Å². The minimum atomic E-state index is -0.152. The van der Waals surface area contributed by atoms with Gasteiger partial charge in [-0.3, -0.25) is 4.79 Å². The van der Waals surface area contributed by atoms with E-state index in [1.807, 2.05) is 26.0 Å². The number of nitrogens with zero attached hydrogens (tertiary/aromatic N) is 2. The van der Waals surface area contributed by atoms with Gasteiger partial charge in [-0.1, -0.05) is 0 Å². The Labute approximate surface area is 156 Å². The molecule has 0 unspecified atom stereocenters. The van der Waals surface area contributed by atoms with Crippen LogP contribution in [0.5, 0.6) is 0 Å².